The monoisotopic (exact) mass is 298 g/mol. The van der Waals surface area contributed by atoms with Crippen molar-refractivity contribution in [3.05, 3.63) is 106 Å². The van der Waals surface area contributed by atoms with Gasteiger partial charge in [-0.3, -0.25) is 0 Å². The standard InChI is InChI=1S/C23H22/c1-17-9-12-20(13-10-17)16-23(21-7-5-4-6-8-21)22-14-11-18(2)19(3)15-22/h4-16H,1-3H3/b23-16+. The number of rotatable bonds is 3. The largest absolute Gasteiger partial charge is 0.0622 e. The smallest absolute Gasteiger partial charge is 0.0105 e. The first-order valence-corrected chi connectivity index (χ1v) is 8.05. The molecule has 23 heavy (non-hydrogen) atoms. The third kappa shape index (κ3) is 3.60. The summed E-state index contributed by atoms with van der Waals surface area (Å²) in [5, 5.41) is 0. The van der Waals surface area contributed by atoms with E-state index in [1.807, 2.05) is 0 Å². The lowest BCUT2D eigenvalue weighted by Gasteiger charge is -2.11. The highest BCUT2D eigenvalue weighted by atomic mass is 14.1. The molecule has 0 radical (unpaired) electrons. The Kier molecular flexibility index (Phi) is 4.43. The van der Waals surface area contributed by atoms with Crippen LogP contribution in [0.3, 0.4) is 0 Å². The fourth-order valence-electron chi connectivity index (χ4n) is 2.69. The molecule has 3 rings (SSSR count). The molecule has 0 saturated carbocycles. The first-order chi connectivity index (χ1) is 11.1. The molecule has 0 aliphatic carbocycles. The molecule has 3 aromatic carbocycles. The van der Waals surface area contributed by atoms with E-state index in [0.717, 1.165) is 0 Å². The van der Waals surface area contributed by atoms with Gasteiger partial charge in [0.15, 0.2) is 0 Å². The maximum absolute atomic E-state index is 2.28. The Morgan fingerprint density at radius 2 is 1.35 bits per heavy atom. The average Bonchev–Trinajstić information content (AvgIpc) is 2.58. The lowest BCUT2D eigenvalue weighted by molar-refractivity contribution is 1.33. The number of hydrogen-bond acceptors (Lipinski definition) is 0. The highest BCUT2D eigenvalue weighted by Crippen LogP contribution is 2.27. The molecule has 0 aliphatic heterocycles. The van der Waals surface area contributed by atoms with Crippen molar-refractivity contribution in [2.75, 3.05) is 0 Å². The van der Waals surface area contributed by atoms with E-state index in [2.05, 4.69) is 99.6 Å². The molecule has 0 saturated heterocycles. The van der Waals surface area contributed by atoms with Crippen LogP contribution in [0.15, 0.2) is 72.8 Å². The maximum atomic E-state index is 2.28. The fourth-order valence-corrected chi connectivity index (χ4v) is 2.69. The Morgan fingerprint density at radius 3 is 2.00 bits per heavy atom. The number of hydrogen-bond donors (Lipinski definition) is 0. The van der Waals surface area contributed by atoms with Crippen LogP contribution in [-0.2, 0) is 0 Å². The van der Waals surface area contributed by atoms with E-state index in [1.54, 1.807) is 0 Å². The Morgan fingerprint density at radius 1 is 0.652 bits per heavy atom. The second-order valence-electron chi connectivity index (χ2n) is 6.13. The van der Waals surface area contributed by atoms with Crippen LogP contribution in [-0.4, -0.2) is 0 Å². The van der Waals surface area contributed by atoms with Crippen LogP contribution < -0.4 is 0 Å². The normalized spacial score (nSPS) is 11.5. The second-order valence-corrected chi connectivity index (χ2v) is 6.13. The van der Waals surface area contributed by atoms with Crippen molar-refractivity contribution in [2.45, 2.75) is 20.8 Å². The van der Waals surface area contributed by atoms with Crippen LogP contribution in [0.1, 0.15) is 33.4 Å². The molecule has 0 unspecified atom stereocenters. The van der Waals surface area contributed by atoms with Gasteiger partial charge in [-0.2, -0.15) is 0 Å². The second kappa shape index (κ2) is 6.66. The summed E-state index contributed by atoms with van der Waals surface area (Å²) in [6.07, 6.45) is 2.28. The Hall–Kier alpha value is -2.60. The average molecular weight is 298 g/mol. The van der Waals surface area contributed by atoms with Crippen molar-refractivity contribution < 1.29 is 0 Å². The topological polar surface area (TPSA) is 0 Å². The molecular formula is C23H22. The molecule has 0 aliphatic rings. The van der Waals surface area contributed by atoms with Crippen LogP contribution in [0.25, 0.3) is 11.6 Å². The minimum absolute atomic E-state index is 1.23. The Labute approximate surface area is 139 Å². The third-order valence-electron chi connectivity index (χ3n) is 4.29. The summed E-state index contributed by atoms with van der Waals surface area (Å²) in [7, 11) is 0. The fraction of sp³-hybridized carbons (Fsp3) is 0.130. The van der Waals surface area contributed by atoms with Crippen molar-refractivity contribution in [1.82, 2.24) is 0 Å². The molecule has 0 heterocycles. The first kappa shape index (κ1) is 15.3. The highest BCUT2D eigenvalue weighted by molar-refractivity contribution is 5.91. The van der Waals surface area contributed by atoms with E-state index < -0.39 is 0 Å². The molecule has 0 atom stereocenters. The zero-order valence-corrected chi connectivity index (χ0v) is 14.0. The molecule has 114 valence electrons. The first-order valence-electron chi connectivity index (χ1n) is 8.05. The van der Waals surface area contributed by atoms with Crippen molar-refractivity contribution in [1.29, 1.82) is 0 Å². The zero-order valence-electron chi connectivity index (χ0n) is 14.0. The van der Waals surface area contributed by atoms with Crippen LogP contribution >= 0.6 is 0 Å². The summed E-state index contributed by atoms with van der Waals surface area (Å²) in [5.41, 5.74) is 8.95. The molecule has 0 spiro atoms. The van der Waals surface area contributed by atoms with Crippen LogP contribution in [0.4, 0.5) is 0 Å². The van der Waals surface area contributed by atoms with Gasteiger partial charge in [0, 0.05) is 0 Å². The predicted molar refractivity (Wildman–Crippen MR) is 101 cm³/mol. The Balaban J connectivity index is 2.14. The maximum Gasteiger partial charge on any atom is -0.0105 e. The lowest BCUT2D eigenvalue weighted by atomic mass is 9.93. The highest BCUT2D eigenvalue weighted by Gasteiger charge is 2.06. The molecule has 0 heteroatoms. The van der Waals surface area contributed by atoms with Gasteiger partial charge in [-0.25, -0.2) is 0 Å². The molecular weight excluding hydrogens is 276 g/mol. The number of benzene rings is 3. The third-order valence-corrected chi connectivity index (χ3v) is 4.29. The molecule has 0 nitrogen and oxygen atoms in total. The predicted octanol–water partition coefficient (Wildman–Crippen LogP) is 6.20. The summed E-state index contributed by atoms with van der Waals surface area (Å²) >= 11 is 0. The van der Waals surface area contributed by atoms with E-state index >= 15 is 0 Å². The van der Waals surface area contributed by atoms with Gasteiger partial charge in [-0.15, -0.1) is 0 Å². The van der Waals surface area contributed by atoms with Crippen LogP contribution in [0.5, 0.6) is 0 Å². The van der Waals surface area contributed by atoms with E-state index in [0.29, 0.717) is 0 Å². The van der Waals surface area contributed by atoms with E-state index in [-0.39, 0.29) is 0 Å². The van der Waals surface area contributed by atoms with Gasteiger partial charge in [-0.1, -0.05) is 78.4 Å². The van der Waals surface area contributed by atoms with Gasteiger partial charge in [-0.05, 0) is 60.2 Å². The van der Waals surface area contributed by atoms with Crippen molar-refractivity contribution >= 4 is 11.6 Å². The van der Waals surface area contributed by atoms with Gasteiger partial charge in [0.05, 0.1) is 0 Å². The van der Waals surface area contributed by atoms with Gasteiger partial charge in [0.25, 0.3) is 0 Å². The van der Waals surface area contributed by atoms with Gasteiger partial charge >= 0.3 is 0 Å². The summed E-state index contributed by atoms with van der Waals surface area (Å²) < 4.78 is 0. The van der Waals surface area contributed by atoms with Crippen LogP contribution in [0.2, 0.25) is 0 Å². The molecule has 0 N–H and O–H groups in total. The van der Waals surface area contributed by atoms with Crippen molar-refractivity contribution in [3.63, 3.8) is 0 Å². The zero-order chi connectivity index (χ0) is 16.2. The number of aryl methyl sites for hydroxylation is 3. The van der Waals surface area contributed by atoms with Gasteiger partial charge in [0.2, 0.25) is 0 Å². The summed E-state index contributed by atoms with van der Waals surface area (Å²) in [5.74, 6) is 0. The van der Waals surface area contributed by atoms with E-state index in [1.165, 1.54) is 39.0 Å². The molecule has 0 amide bonds. The van der Waals surface area contributed by atoms with Crippen molar-refractivity contribution in [3.8, 4) is 0 Å². The molecule has 0 fully saturated rings. The Bertz CT molecular complexity index is 822. The SMILES string of the molecule is Cc1ccc(/C=C(\c2ccccc2)c2ccc(C)c(C)c2)cc1. The van der Waals surface area contributed by atoms with Gasteiger partial charge < -0.3 is 0 Å². The van der Waals surface area contributed by atoms with Crippen LogP contribution in [0, 0.1) is 20.8 Å². The van der Waals surface area contributed by atoms with Gasteiger partial charge in [0.1, 0.15) is 0 Å². The van der Waals surface area contributed by atoms with E-state index in [4.69, 9.17) is 0 Å². The lowest BCUT2D eigenvalue weighted by Crippen LogP contribution is -1.91. The quantitative estimate of drug-likeness (QED) is 0.505. The van der Waals surface area contributed by atoms with E-state index in [9.17, 15) is 0 Å². The minimum Gasteiger partial charge on any atom is -0.0622 e. The summed E-state index contributed by atoms with van der Waals surface area (Å²) in [6.45, 7) is 6.45. The summed E-state index contributed by atoms with van der Waals surface area (Å²) in [6, 6.07) is 26.0. The minimum atomic E-state index is 1.23. The molecule has 0 bridgehead atoms. The van der Waals surface area contributed by atoms with Crippen molar-refractivity contribution in [2.24, 2.45) is 0 Å². The molecule has 0 aromatic heterocycles. The molecule has 3 aromatic rings. The summed E-state index contributed by atoms with van der Waals surface area (Å²) in [4.78, 5) is 0.